The summed E-state index contributed by atoms with van der Waals surface area (Å²) in [6.07, 6.45) is 0. The number of allylic oxidation sites excluding steroid dienone is 1. The maximum absolute atomic E-state index is 12.7. The molecule has 2 unspecified atom stereocenters. The van der Waals surface area contributed by atoms with Gasteiger partial charge in [-0.2, -0.15) is 0 Å². The maximum atomic E-state index is 12.7. The Kier molecular flexibility index (Phi) is 7.09. The molecular formula is C21H27NO6. The summed E-state index contributed by atoms with van der Waals surface area (Å²) in [6.45, 7) is 11.7. The number of hydrogen-bond donors (Lipinski definition) is 2. The van der Waals surface area contributed by atoms with Gasteiger partial charge in [-0.15, -0.1) is 0 Å². The van der Waals surface area contributed by atoms with Crippen molar-refractivity contribution in [3.63, 3.8) is 0 Å². The van der Waals surface area contributed by atoms with Crippen molar-refractivity contribution in [2.24, 2.45) is 5.92 Å². The number of carbonyl (C=O) groups is 2. The average Bonchev–Trinajstić information content (AvgIpc) is 2.63. The van der Waals surface area contributed by atoms with E-state index in [4.69, 9.17) is 14.2 Å². The Morgan fingerprint density at radius 2 is 1.82 bits per heavy atom. The van der Waals surface area contributed by atoms with E-state index < -0.39 is 23.8 Å². The van der Waals surface area contributed by atoms with Gasteiger partial charge in [0.25, 0.3) is 0 Å². The molecule has 0 aromatic heterocycles. The number of phenolic OH excluding ortho intramolecular Hbond substituents is 1. The lowest BCUT2D eigenvalue weighted by Gasteiger charge is -2.35. The van der Waals surface area contributed by atoms with Crippen LogP contribution >= 0.6 is 0 Å². The number of rotatable bonds is 7. The Hall–Kier alpha value is -2.96. The zero-order valence-electron chi connectivity index (χ0n) is 16.7. The highest BCUT2D eigenvalue weighted by Gasteiger charge is 2.43. The summed E-state index contributed by atoms with van der Waals surface area (Å²) in [7, 11) is 0. The minimum Gasteiger partial charge on any atom is -0.504 e. The van der Waals surface area contributed by atoms with Crippen LogP contribution in [0.15, 0.2) is 41.7 Å². The largest absolute Gasteiger partial charge is 0.504 e. The number of aromatic hydroxyl groups is 1. The number of benzene rings is 1. The molecule has 0 saturated carbocycles. The fourth-order valence-electron chi connectivity index (χ4n) is 3.34. The van der Waals surface area contributed by atoms with Crippen molar-refractivity contribution < 1.29 is 28.9 Å². The molecule has 0 radical (unpaired) electrons. The van der Waals surface area contributed by atoms with Crippen LogP contribution in [0.25, 0.3) is 0 Å². The summed E-state index contributed by atoms with van der Waals surface area (Å²) in [5.74, 6) is -2.29. The van der Waals surface area contributed by atoms with Crippen LogP contribution in [-0.2, 0) is 19.1 Å². The molecule has 1 aromatic carbocycles. The zero-order valence-corrected chi connectivity index (χ0v) is 16.7. The molecule has 1 aromatic rings. The molecule has 2 atom stereocenters. The highest BCUT2D eigenvalue weighted by molar-refractivity contribution is 5.94. The second-order valence-corrected chi connectivity index (χ2v) is 6.28. The first kappa shape index (κ1) is 21.3. The van der Waals surface area contributed by atoms with Crippen LogP contribution in [0.5, 0.6) is 11.5 Å². The average molecular weight is 389 g/mol. The second kappa shape index (κ2) is 9.30. The fourth-order valence-corrected chi connectivity index (χ4v) is 3.34. The van der Waals surface area contributed by atoms with E-state index in [0.717, 1.165) is 0 Å². The molecule has 1 aliphatic rings. The summed E-state index contributed by atoms with van der Waals surface area (Å²) in [5, 5.41) is 13.0. The third-order valence-corrected chi connectivity index (χ3v) is 4.45. The lowest BCUT2D eigenvalue weighted by molar-refractivity contribution is -0.147. The number of esters is 2. The first-order chi connectivity index (χ1) is 13.3. The Morgan fingerprint density at radius 1 is 1.14 bits per heavy atom. The topological polar surface area (TPSA) is 94.1 Å². The van der Waals surface area contributed by atoms with E-state index in [1.165, 1.54) is 6.07 Å². The van der Waals surface area contributed by atoms with Crippen molar-refractivity contribution in [1.82, 2.24) is 5.32 Å². The van der Waals surface area contributed by atoms with E-state index in [9.17, 15) is 14.7 Å². The maximum Gasteiger partial charge on any atom is 0.336 e. The van der Waals surface area contributed by atoms with E-state index in [1.54, 1.807) is 39.8 Å². The number of hydrogen-bond acceptors (Lipinski definition) is 7. The van der Waals surface area contributed by atoms with Gasteiger partial charge in [0.2, 0.25) is 0 Å². The summed E-state index contributed by atoms with van der Waals surface area (Å²) in [6, 6.07) is 4.76. The quantitative estimate of drug-likeness (QED) is 0.692. The normalized spacial score (nSPS) is 19.1. The highest BCUT2D eigenvalue weighted by Crippen LogP contribution is 2.43. The predicted molar refractivity (Wildman–Crippen MR) is 104 cm³/mol. The Bertz CT molecular complexity index is 798. The van der Waals surface area contributed by atoms with Crippen molar-refractivity contribution in [3.05, 3.63) is 47.3 Å². The first-order valence-corrected chi connectivity index (χ1v) is 9.31. The molecule has 2 N–H and O–H groups in total. The van der Waals surface area contributed by atoms with Crippen LogP contribution in [0.2, 0.25) is 0 Å². The molecule has 0 fully saturated rings. The summed E-state index contributed by atoms with van der Waals surface area (Å²) in [4.78, 5) is 25.4. The lowest BCUT2D eigenvalue weighted by atomic mass is 9.75. The van der Waals surface area contributed by atoms with Crippen LogP contribution in [0.3, 0.4) is 0 Å². The number of nitrogens with one attached hydrogen (secondary N) is 1. The molecule has 2 rings (SSSR count). The van der Waals surface area contributed by atoms with Crippen LogP contribution < -0.4 is 10.1 Å². The number of ether oxygens (including phenoxy) is 3. The van der Waals surface area contributed by atoms with Crippen molar-refractivity contribution in [2.75, 3.05) is 19.8 Å². The van der Waals surface area contributed by atoms with Gasteiger partial charge in [-0.25, -0.2) is 4.79 Å². The summed E-state index contributed by atoms with van der Waals surface area (Å²) in [5.41, 5.74) is 1.92. The first-order valence-electron chi connectivity index (χ1n) is 9.31. The van der Waals surface area contributed by atoms with Crippen molar-refractivity contribution in [2.45, 2.75) is 33.6 Å². The van der Waals surface area contributed by atoms with Crippen molar-refractivity contribution in [1.29, 1.82) is 0 Å². The summed E-state index contributed by atoms with van der Waals surface area (Å²) < 4.78 is 15.9. The molecule has 1 aliphatic heterocycles. The minimum atomic E-state index is -0.831. The second-order valence-electron chi connectivity index (χ2n) is 6.28. The third kappa shape index (κ3) is 4.30. The van der Waals surface area contributed by atoms with Crippen LogP contribution in [-0.4, -0.2) is 36.9 Å². The van der Waals surface area contributed by atoms with E-state index >= 15 is 0 Å². The Balaban J connectivity index is 2.65. The SMILES string of the molecule is C=C1NC(C)=C(C(=O)OCC)C(c2ccc(O)c(OCC)c2)C1C(=O)OCC. The molecule has 0 saturated heterocycles. The molecule has 7 heteroatoms. The molecule has 0 aliphatic carbocycles. The van der Waals surface area contributed by atoms with E-state index in [1.807, 2.05) is 0 Å². The van der Waals surface area contributed by atoms with Gasteiger partial charge in [0, 0.05) is 17.3 Å². The molecule has 0 bridgehead atoms. The fraction of sp³-hybridized carbons (Fsp3) is 0.429. The van der Waals surface area contributed by atoms with Crippen molar-refractivity contribution >= 4 is 11.9 Å². The van der Waals surface area contributed by atoms with E-state index in [2.05, 4.69) is 11.9 Å². The van der Waals surface area contributed by atoms with Gasteiger partial charge >= 0.3 is 11.9 Å². The highest BCUT2D eigenvalue weighted by atomic mass is 16.5. The standard InChI is InChI=1S/C21H27NO6/c1-6-26-16-11-14(9-10-15(16)23)19-17(20(24)27-7-2)12(4)22-13(5)18(19)21(25)28-8-3/h9-11,17,19,22-23H,4,6-8H2,1-3,5H3. The van der Waals surface area contributed by atoms with E-state index in [0.29, 0.717) is 29.1 Å². The zero-order chi connectivity index (χ0) is 20.8. The van der Waals surface area contributed by atoms with Gasteiger partial charge < -0.3 is 24.6 Å². The van der Waals surface area contributed by atoms with Gasteiger partial charge in [0.15, 0.2) is 11.5 Å². The smallest absolute Gasteiger partial charge is 0.336 e. The van der Waals surface area contributed by atoms with Crippen molar-refractivity contribution in [3.8, 4) is 11.5 Å². The molecule has 0 amide bonds. The molecule has 28 heavy (non-hydrogen) atoms. The van der Waals surface area contributed by atoms with Gasteiger partial charge in [-0.1, -0.05) is 12.6 Å². The van der Waals surface area contributed by atoms with Crippen LogP contribution in [0, 0.1) is 5.92 Å². The molecule has 152 valence electrons. The number of carbonyl (C=O) groups excluding carboxylic acids is 2. The molecular weight excluding hydrogens is 362 g/mol. The number of phenols is 1. The van der Waals surface area contributed by atoms with Gasteiger partial charge in [-0.3, -0.25) is 4.79 Å². The monoisotopic (exact) mass is 389 g/mol. The Morgan fingerprint density at radius 3 is 2.43 bits per heavy atom. The molecule has 1 heterocycles. The van der Waals surface area contributed by atoms with Crippen LogP contribution in [0.1, 0.15) is 39.2 Å². The predicted octanol–water partition coefficient (Wildman–Crippen LogP) is 3.01. The minimum absolute atomic E-state index is 0.0237. The van der Waals surface area contributed by atoms with Crippen LogP contribution in [0.4, 0.5) is 0 Å². The van der Waals surface area contributed by atoms with E-state index in [-0.39, 0.29) is 24.7 Å². The van der Waals surface area contributed by atoms with Gasteiger partial charge in [0.1, 0.15) is 5.92 Å². The Labute approximate surface area is 165 Å². The lowest BCUT2D eigenvalue weighted by Crippen LogP contribution is -2.39. The third-order valence-electron chi connectivity index (χ3n) is 4.45. The van der Waals surface area contributed by atoms with Gasteiger partial charge in [-0.05, 0) is 45.4 Å². The summed E-state index contributed by atoms with van der Waals surface area (Å²) >= 11 is 0. The molecule has 0 spiro atoms. The molecule has 7 nitrogen and oxygen atoms in total. The van der Waals surface area contributed by atoms with Gasteiger partial charge in [0.05, 0.1) is 25.4 Å².